The Morgan fingerprint density at radius 3 is 2.74 bits per heavy atom. The minimum Gasteiger partial charge on any atom is -0.489 e. The lowest BCUT2D eigenvalue weighted by Gasteiger charge is -2.17. The third-order valence-corrected chi connectivity index (χ3v) is 3.35. The number of nitrogens with zero attached hydrogens (tertiary/aromatic N) is 1. The molecule has 1 unspecified atom stereocenters. The smallest absolute Gasteiger partial charge is 0.292 e. The molecule has 122 valence electrons. The summed E-state index contributed by atoms with van der Waals surface area (Å²) in [4.78, 5) is 10.6. The molecule has 6 heteroatoms. The number of nitrogens with one attached hydrogen (secondary N) is 1. The number of hydrogen-bond acceptors (Lipinski definition) is 5. The Hall–Kier alpha value is -2.60. The molecule has 0 spiro atoms. The zero-order chi connectivity index (χ0) is 16.8. The molecule has 0 saturated carbocycles. The van der Waals surface area contributed by atoms with Crippen LogP contribution in [0.3, 0.4) is 0 Å². The highest BCUT2D eigenvalue weighted by Gasteiger charge is 2.15. The van der Waals surface area contributed by atoms with Crippen molar-refractivity contribution in [2.45, 2.75) is 26.6 Å². The Bertz CT molecular complexity index is 688. The SMILES string of the molecule is Cc1cccc(OC(C)CNc2cc(CO)ccc2[N+](=O)[O-])c1. The quantitative estimate of drug-likeness (QED) is 0.605. The Morgan fingerprint density at radius 2 is 2.09 bits per heavy atom. The van der Waals surface area contributed by atoms with Gasteiger partial charge in [0.05, 0.1) is 18.1 Å². The van der Waals surface area contributed by atoms with E-state index in [1.54, 1.807) is 6.07 Å². The van der Waals surface area contributed by atoms with Crippen LogP contribution in [0.2, 0.25) is 0 Å². The Balaban J connectivity index is 2.03. The van der Waals surface area contributed by atoms with Crippen LogP contribution >= 0.6 is 0 Å². The molecule has 0 aliphatic rings. The van der Waals surface area contributed by atoms with Crippen molar-refractivity contribution in [3.63, 3.8) is 0 Å². The summed E-state index contributed by atoms with van der Waals surface area (Å²) in [5, 5.41) is 23.3. The molecule has 0 aliphatic heterocycles. The summed E-state index contributed by atoms with van der Waals surface area (Å²) in [5.74, 6) is 0.762. The predicted molar refractivity (Wildman–Crippen MR) is 88.8 cm³/mol. The molecule has 0 bridgehead atoms. The number of ether oxygens (including phenoxy) is 1. The molecule has 23 heavy (non-hydrogen) atoms. The zero-order valence-corrected chi connectivity index (χ0v) is 13.2. The highest BCUT2D eigenvalue weighted by atomic mass is 16.6. The summed E-state index contributed by atoms with van der Waals surface area (Å²) < 4.78 is 5.79. The predicted octanol–water partition coefficient (Wildman–Crippen LogP) is 3.27. The normalized spacial score (nSPS) is 11.8. The molecular weight excluding hydrogens is 296 g/mol. The average molecular weight is 316 g/mol. The molecule has 0 saturated heterocycles. The monoisotopic (exact) mass is 316 g/mol. The van der Waals surface area contributed by atoms with Crippen LogP contribution in [0.1, 0.15) is 18.1 Å². The number of nitro benzene ring substituents is 1. The Kier molecular flexibility index (Phi) is 5.54. The molecule has 2 N–H and O–H groups in total. The van der Waals surface area contributed by atoms with Crippen LogP contribution in [-0.2, 0) is 6.61 Å². The second-order valence-corrected chi connectivity index (χ2v) is 5.39. The second kappa shape index (κ2) is 7.60. The maximum absolute atomic E-state index is 11.1. The first kappa shape index (κ1) is 16.8. The molecule has 2 aromatic carbocycles. The fourth-order valence-electron chi connectivity index (χ4n) is 2.20. The summed E-state index contributed by atoms with van der Waals surface area (Å²) in [6.45, 7) is 4.11. The first-order valence-electron chi connectivity index (χ1n) is 7.35. The topological polar surface area (TPSA) is 84.6 Å². The molecular formula is C17H20N2O4. The van der Waals surface area contributed by atoms with Crippen LogP contribution in [0.25, 0.3) is 0 Å². The third-order valence-electron chi connectivity index (χ3n) is 3.35. The van der Waals surface area contributed by atoms with Gasteiger partial charge in [-0.1, -0.05) is 12.1 Å². The van der Waals surface area contributed by atoms with Gasteiger partial charge in [-0.05, 0) is 49.2 Å². The third kappa shape index (κ3) is 4.69. The van der Waals surface area contributed by atoms with Crippen molar-refractivity contribution in [1.82, 2.24) is 0 Å². The van der Waals surface area contributed by atoms with Gasteiger partial charge in [-0.25, -0.2) is 0 Å². The van der Waals surface area contributed by atoms with Crippen LogP contribution in [0.15, 0.2) is 42.5 Å². The number of aryl methyl sites for hydroxylation is 1. The number of anilines is 1. The highest BCUT2D eigenvalue weighted by molar-refractivity contribution is 5.62. The minimum atomic E-state index is -0.449. The maximum atomic E-state index is 11.1. The van der Waals surface area contributed by atoms with Crippen molar-refractivity contribution in [2.75, 3.05) is 11.9 Å². The van der Waals surface area contributed by atoms with E-state index >= 15 is 0 Å². The molecule has 0 fully saturated rings. The van der Waals surface area contributed by atoms with E-state index in [9.17, 15) is 10.1 Å². The van der Waals surface area contributed by atoms with E-state index in [0.29, 0.717) is 17.8 Å². The second-order valence-electron chi connectivity index (χ2n) is 5.39. The number of aliphatic hydroxyl groups is 1. The summed E-state index contributed by atoms with van der Waals surface area (Å²) >= 11 is 0. The standard InChI is InChI=1S/C17H20N2O4/c1-12-4-3-5-15(8-12)23-13(2)10-18-16-9-14(11-20)6-7-17(16)19(21)22/h3-9,13,18,20H,10-11H2,1-2H3. The molecule has 0 aromatic heterocycles. The van der Waals surface area contributed by atoms with E-state index in [-0.39, 0.29) is 18.4 Å². The van der Waals surface area contributed by atoms with Gasteiger partial charge in [-0.2, -0.15) is 0 Å². The van der Waals surface area contributed by atoms with Crippen molar-refractivity contribution in [2.24, 2.45) is 0 Å². The number of rotatable bonds is 7. The van der Waals surface area contributed by atoms with E-state index in [2.05, 4.69) is 5.32 Å². The lowest BCUT2D eigenvalue weighted by Crippen LogP contribution is -2.23. The number of benzene rings is 2. The maximum Gasteiger partial charge on any atom is 0.292 e. The summed E-state index contributed by atoms with van der Waals surface area (Å²) in [7, 11) is 0. The van der Waals surface area contributed by atoms with Crippen molar-refractivity contribution in [3.8, 4) is 5.75 Å². The number of hydrogen-bond donors (Lipinski definition) is 2. The molecule has 0 radical (unpaired) electrons. The van der Waals surface area contributed by atoms with E-state index in [4.69, 9.17) is 9.84 Å². The van der Waals surface area contributed by atoms with Gasteiger partial charge in [-0.3, -0.25) is 10.1 Å². The van der Waals surface area contributed by atoms with Gasteiger partial charge >= 0.3 is 0 Å². The lowest BCUT2D eigenvalue weighted by atomic mass is 10.1. The first-order valence-corrected chi connectivity index (χ1v) is 7.35. The van der Waals surface area contributed by atoms with Crippen molar-refractivity contribution >= 4 is 11.4 Å². The van der Waals surface area contributed by atoms with Gasteiger partial charge in [0.15, 0.2) is 0 Å². The molecule has 2 rings (SSSR count). The number of aliphatic hydroxyl groups excluding tert-OH is 1. The van der Waals surface area contributed by atoms with Gasteiger partial charge in [-0.15, -0.1) is 0 Å². The molecule has 0 aliphatic carbocycles. The molecule has 0 amide bonds. The molecule has 6 nitrogen and oxygen atoms in total. The van der Waals surface area contributed by atoms with E-state index in [0.717, 1.165) is 11.3 Å². The minimum absolute atomic E-state index is 0.0232. The fraction of sp³-hybridized carbons (Fsp3) is 0.294. The van der Waals surface area contributed by atoms with Crippen molar-refractivity contribution in [3.05, 3.63) is 63.7 Å². The lowest BCUT2D eigenvalue weighted by molar-refractivity contribution is -0.384. The van der Waals surface area contributed by atoms with E-state index < -0.39 is 4.92 Å². The molecule has 0 heterocycles. The molecule has 1 atom stereocenters. The van der Waals surface area contributed by atoms with Gasteiger partial charge in [0.2, 0.25) is 0 Å². The van der Waals surface area contributed by atoms with Crippen LogP contribution in [0.4, 0.5) is 11.4 Å². The Labute approximate surface area is 134 Å². The van der Waals surface area contributed by atoms with Crippen LogP contribution in [0, 0.1) is 17.0 Å². The highest BCUT2D eigenvalue weighted by Crippen LogP contribution is 2.25. The average Bonchev–Trinajstić information content (AvgIpc) is 2.52. The summed E-state index contributed by atoms with van der Waals surface area (Å²) in [6.07, 6.45) is -0.172. The van der Waals surface area contributed by atoms with Crippen molar-refractivity contribution < 1.29 is 14.8 Å². The van der Waals surface area contributed by atoms with Crippen LogP contribution in [0.5, 0.6) is 5.75 Å². The Morgan fingerprint density at radius 1 is 1.30 bits per heavy atom. The van der Waals surface area contributed by atoms with Gasteiger partial charge < -0.3 is 15.2 Å². The van der Waals surface area contributed by atoms with Gasteiger partial charge in [0.1, 0.15) is 17.5 Å². The number of nitro groups is 1. The van der Waals surface area contributed by atoms with Gasteiger partial charge in [0.25, 0.3) is 5.69 Å². The largest absolute Gasteiger partial charge is 0.489 e. The van der Waals surface area contributed by atoms with E-state index in [1.807, 2.05) is 38.1 Å². The van der Waals surface area contributed by atoms with Gasteiger partial charge in [0, 0.05) is 6.07 Å². The zero-order valence-electron chi connectivity index (χ0n) is 13.2. The molecule has 2 aromatic rings. The fourth-order valence-corrected chi connectivity index (χ4v) is 2.20. The first-order chi connectivity index (χ1) is 11.0. The van der Waals surface area contributed by atoms with Crippen LogP contribution < -0.4 is 10.1 Å². The van der Waals surface area contributed by atoms with Crippen LogP contribution in [-0.4, -0.2) is 22.7 Å². The summed E-state index contributed by atoms with van der Waals surface area (Å²) in [5.41, 5.74) is 2.07. The van der Waals surface area contributed by atoms with Crippen molar-refractivity contribution in [1.29, 1.82) is 0 Å². The summed E-state index contributed by atoms with van der Waals surface area (Å²) in [6, 6.07) is 12.2. The van der Waals surface area contributed by atoms with E-state index in [1.165, 1.54) is 12.1 Å².